The highest BCUT2D eigenvalue weighted by atomic mass is 32.1. The monoisotopic (exact) mass is 450 g/mol. The molecular formula is C24H34S4. The van der Waals surface area contributed by atoms with Crippen LogP contribution in [0.1, 0.15) is 54.7 Å². The molecule has 3 unspecified atom stereocenters. The Hall–Kier alpha value is -0.160. The summed E-state index contributed by atoms with van der Waals surface area (Å²) in [4.78, 5) is 0. The lowest BCUT2D eigenvalue weighted by Crippen LogP contribution is -2.43. The molecule has 2 aromatic rings. The van der Waals surface area contributed by atoms with Crippen molar-refractivity contribution in [2.75, 3.05) is 17.3 Å². The van der Waals surface area contributed by atoms with Crippen molar-refractivity contribution in [1.82, 2.24) is 0 Å². The van der Waals surface area contributed by atoms with Gasteiger partial charge in [-0.05, 0) is 73.3 Å². The van der Waals surface area contributed by atoms with E-state index in [9.17, 15) is 0 Å². The number of benzene rings is 2. The van der Waals surface area contributed by atoms with Crippen LogP contribution in [0.25, 0.3) is 0 Å². The summed E-state index contributed by atoms with van der Waals surface area (Å²) in [5, 5.41) is 0.250. The smallest absolute Gasteiger partial charge is 0.0146 e. The van der Waals surface area contributed by atoms with Crippen molar-refractivity contribution in [3.8, 4) is 0 Å². The molecule has 0 bridgehead atoms. The van der Waals surface area contributed by atoms with Gasteiger partial charge in [0.05, 0.1) is 0 Å². The van der Waals surface area contributed by atoms with Crippen LogP contribution < -0.4 is 0 Å². The van der Waals surface area contributed by atoms with Crippen LogP contribution in [0.3, 0.4) is 0 Å². The maximum atomic E-state index is 5.24. The van der Waals surface area contributed by atoms with Crippen molar-refractivity contribution in [3.05, 3.63) is 71.3 Å². The van der Waals surface area contributed by atoms with Crippen molar-refractivity contribution in [2.45, 2.75) is 55.6 Å². The fraction of sp³-hybridized carbons (Fsp3) is 0.500. The Morgan fingerprint density at radius 3 is 1.96 bits per heavy atom. The zero-order valence-electron chi connectivity index (χ0n) is 16.8. The highest BCUT2D eigenvalue weighted by molar-refractivity contribution is 7.81. The highest BCUT2D eigenvalue weighted by Gasteiger charge is 2.44. The van der Waals surface area contributed by atoms with E-state index in [1.807, 2.05) is 0 Å². The summed E-state index contributed by atoms with van der Waals surface area (Å²) in [6.07, 6.45) is 5.33. The van der Waals surface area contributed by atoms with Gasteiger partial charge in [-0.25, -0.2) is 0 Å². The summed E-state index contributed by atoms with van der Waals surface area (Å²) in [5.41, 5.74) is 4.02. The molecule has 0 aliphatic heterocycles. The van der Waals surface area contributed by atoms with Gasteiger partial charge in [0.15, 0.2) is 0 Å². The summed E-state index contributed by atoms with van der Waals surface area (Å²) in [6.45, 7) is 2.15. The molecule has 154 valence electrons. The van der Waals surface area contributed by atoms with Crippen molar-refractivity contribution >= 4 is 50.5 Å². The molecule has 0 saturated heterocycles. The zero-order chi connectivity index (χ0) is 20.4. The van der Waals surface area contributed by atoms with Crippen LogP contribution >= 0.6 is 50.5 Å². The molecular weight excluding hydrogens is 417 g/mol. The predicted octanol–water partition coefficient (Wildman–Crippen LogP) is 7.05. The Labute approximate surface area is 193 Å². The molecule has 3 atom stereocenters. The van der Waals surface area contributed by atoms with E-state index >= 15 is 0 Å². The molecule has 4 heteroatoms. The molecule has 0 spiro atoms. The first-order chi connectivity index (χ1) is 13.6. The lowest BCUT2D eigenvalue weighted by Gasteiger charge is -2.46. The summed E-state index contributed by atoms with van der Waals surface area (Å²) in [5.74, 6) is 3.03. The third kappa shape index (κ3) is 5.93. The Kier molecular flexibility index (Phi) is 10.8. The van der Waals surface area contributed by atoms with Crippen LogP contribution in [-0.4, -0.2) is 22.5 Å². The van der Waals surface area contributed by atoms with Gasteiger partial charge in [-0.15, -0.1) is 0 Å². The van der Waals surface area contributed by atoms with Gasteiger partial charge in [0.1, 0.15) is 0 Å². The summed E-state index contributed by atoms with van der Waals surface area (Å²) in [7, 11) is 0. The van der Waals surface area contributed by atoms with Gasteiger partial charge in [-0.2, -0.15) is 50.5 Å². The number of rotatable bonds is 12. The molecule has 0 radical (unpaired) electrons. The van der Waals surface area contributed by atoms with Gasteiger partial charge < -0.3 is 0 Å². The molecule has 28 heavy (non-hydrogen) atoms. The quantitative estimate of drug-likeness (QED) is 0.245. The van der Waals surface area contributed by atoms with E-state index in [-0.39, 0.29) is 10.7 Å². The molecule has 0 fully saturated rings. The topological polar surface area (TPSA) is 0 Å². The lowest BCUT2D eigenvalue weighted by atomic mass is 9.61. The van der Waals surface area contributed by atoms with Crippen LogP contribution in [0.4, 0.5) is 0 Å². The van der Waals surface area contributed by atoms with Crippen molar-refractivity contribution in [3.63, 3.8) is 0 Å². The summed E-state index contributed by atoms with van der Waals surface area (Å²) in [6, 6.07) is 20.1. The minimum Gasteiger partial charge on any atom is -0.179 e. The molecule has 0 amide bonds. The SMILES string of the molecule is Cc1ccc(C(CCS)(C(S)CCCS)C(CCCS)c2ccccc2)cc1. The van der Waals surface area contributed by atoms with Gasteiger partial charge in [-0.1, -0.05) is 60.2 Å². The third-order valence-corrected chi connectivity index (χ3v) is 7.39. The standard InChI is InChI=1S/C24H34S4/c1-19-11-13-21(14-12-19)24(15-18-27,23(28)10-6-17-26)22(9-5-16-25)20-7-3-2-4-8-20/h2-4,7-8,11-14,22-23,25-28H,5-6,9-10,15-18H2,1H3. The lowest BCUT2D eigenvalue weighted by molar-refractivity contribution is 0.297. The van der Waals surface area contributed by atoms with E-state index in [0.29, 0.717) is 5.92 Å². The maximum Gasteiger partial charge on any atom is 0.0146 e. The predicted molar refractivity (Wildman–Crippen MR) is 139 cm³/mol. The van der Waals surface area contributed by atoms with E-state index in [2.05, 4.69) is 86.8 Å². The Balaban J connectivity index is 2.64. The molecule has 0 heterocycles. The van der Waals surface area contributed by atoms with E-state index in [4.69, 9.17) is 25.3 Å². The van der Waals surface area contributed by atoms with E-state index in [0.717, 1.165) is 49.4 Å². The van der Waals surface area contributed by atoms with E-state index < -0.39 is 0 Å². The highest BCUT2D eigenvalue weighted by Crippen LogP contribution is 2.50. The number of hydrogen-bond donors (Lipinski definition) is 4. The minimum atomic E-state index is -0.0637. The molecule has 0 N–H and O–H groups in total. The second kappa shape index (κ2) is 12.5. The van der Waals surface area contributed by atoms with Crippen molar-refractivity contribution in [2.24, 2.45) is 0 Å². The Morgan fingerprint density at radius 2 is 1.39 bits per heavy atom. The fourth-order valence-electron chi connectivity index (χ4n) is 4.40. The van der Waals surface area contributed by atoms with Gasteiger partial charge >= 0.3 is 0 Å². The first kappa shape index (κ1) is 24.1. The molecule has 2 rings (SSSR count). The molecule has 0 saturated carbocycles. The van der Waals surface area contributed by atoms with Crippen LogP contribution in [0.5, 0.6) is 0 Å². The second-order valence-electron chi connectivity index (χ2n) is 7.59. The van der Waals surface area contributed by atoms with Crippen molar-refractivity contribution in [1.29, 1.82) is 0 Å². The van der Waals surface area contributed by atoms with E-state index in [1.54, 1.807) is 0 Å². The third-order valence-electron chi connectivity index (χ3n) is 5.82. The Morgan fingerprint density at radius 1 is 0.786 bits per heavy atom. The normalized spacial score (nSPS) is 15.8. The van der Waals surface area contributed by atoms with Gasteiger partial charge in [0.2, 0.25) is 0 Å². The largest absolute Gasteiger partial charge is 0.179 e. The van der Waals surface area contributed by atoms with Gasteiger partial charge in [0, 0.05) is 10.7 Å². The number of thiol groups is 4. The summed E-state index contributed by atoms with van der Waals surface area (Å²) < 4.78 is 0. The van der Waals surface area contributed by atoms with Crippen LogP contribution in [-0.2, 0) is 5.41 Å². The van der Waals surface area contributed by atoms with Crippen LogP contribution in [0.15, 0.2) is 54.6 Å². The molecule has 0 aliphatic rings. The van der Waals surface area contributed by atoms with Crippen LogP contribution in [0.2, 0.25) is 0 Å². The average Bonchev–Trinajstić information content (AvgIpc) is 2.72. The molecule has 2 aromatic carbocycles. The molecule has 0 nitrogen and oxygen atoms in total. The van der Waals surface area contributed by atoms with Gasteiger partial charge in [-0.3, -0.25) is 0 Å². The van der Waals surface area contributed by atoms with E-state index in [1.165, 1.54) is 16.7 Å². The van der Waals surface area contributed by atoms with Crippen LogP contribution in [0, 0.1) is 6.92 Å². The minimum absolute atomic E-state index is 0.0637. The molecule has 0 aromatic heterocycles. The average molecular weight is 451 g/mol. The number of hydrogen-bond acceptors (Lipinski definition) is 4. The Bertz CT molecular complexity index is 671. The maximum absolute atomic E-state index is 5.24. The first-order valence-electron chi connectivity index (χ1n) is 10.2. The second-order valence-corrected chi connectivity index (χ2v) is 9.56. The summed E-state index contributed by atoms with van der Waals surface area (Å²) >= 11 is 18.9. The fourth-order valence-corrected chi connectivity index (χ4v) is 5.78. The zero-order valence-corrected chi connectivity index (χ0v) is 20.4. The molecule has 0 aliphatic carbocycles. The first-order valence-corrected chi connectivity index (χ1v) is 12.6. The van der Waals surface area contributed by atoms with Gasteiger partial charge in [0.25, 0.3) is 0 Å². The van der Waals surface area contributed by atoms with Crippen molar-refractivity contribution < 1.29 is 0 Å². The number of aryl methyl sites for hydroxylation is 1.